The van der Waals surface area contributed by atoms with Gasteiger partial charge >= 0.3 is 0 Å². The van der Waals surface area contributed by atoms with E-state index >= 15 is 0 Å². The molecule has 2 aromatic rings. The first kappa shape index (κ1) is 15.7. The fourth-order valence-corrected chi connectivity index (χ4v) is 2.36. The molecule has 0 atom stereocenters. The summed E-state index contributed by atoms with van der Waals surface area (Å²) in [5, 5.41) is 0. The number of para-hydroxylation sites is 2. The van der Waals surface area contributed by atoms with Crippen LogP contribution >= 0.6 is 0 Å². The van der Waals surface area contributed by atoms with Gasteiger partial charge in [0, 0.05) is 26.2 Å². The second-order valence-corrected chi connectivity index (χ2v) is 4.77. The van der Waals surface area contributed by atoms with E-state index in [9.17, 15) is 4.79 Å². The zero-order valence-electron chi connectivity index (χ0n) is 12.8. The smallest absolute Gasteiger partial charge is 0.272 e. The monoisotopic (exact) mass is 290 g/mol. The summed E-state index contributed by atoms with van der Waals surface area (Å²) < 4.78 is 12.8. The van der Waals surface area contributed by atoms with E-state index in [4.69, 9.17) is 9.47 Å². The molecule has 0 fully saturated rings. The van der Waals surface area contributed by atoms with Crippen molar-refractivity contribution >= 4 is 11.0 Å². The number of rotatable bonds is 7. The molecule has 21 heavy (non-hydrogen) atoms. The lowest BCUT2D eigenvalue weighted by Crippen LogP contribution is -2.27. The predicted molar refractivity (Wildman–Crippen MR) is 82.4 cm³/mol. The molecule has 0 N–H and O–H groups in total. The molecule has 0 radical (unpaired) electrons. The molecule has 0 bridgehead atoms. The molecule has 0 saturated heterocycles. The lowest BCUT2D eigenvalue weighted by Gasteiger charge is -2.18. The summed E-state index contributed by atoms with van der Waals surface area (Å²) >= 11 is 0. The van der Waals surface area contributed by atoms with E-state index in [1.54, 1.807) is 11.5 Å². The highest BCUT2D eigenvalue weighted by atomic mass is 16.7. The fraction of sp³-hybridized carbons (Fsp3) is 0.500. The van der Waals surface area contributed by atoms with Crippen LogP contribution in [0.25, 0.3) is 11.0 Å². The van der Waals surface area contributed by atoms with Gasteiger partial charge in [0.1, 0.15) is 5.69 Å². The molecule has 0 unspecified atom stereocenters. The zero-order valence-corrected chi connectivity index (χ0v) is 12.8. The van der Waals surface area contributed by atoms with E-state index in [0.29, 0.717) is 31.9 Å². The summed E-state index contributed by atoms with van der Waals surface area (Å²) in [4.78, 5) is 16.7. The van der Waals surface area contributed by atoms with E-state index < -0.39 is 0 Å². The van der Waals surface area contributed by atoms with Crippen LogP contribution in [0.1, 0.15) is 26.0 Å². The lowest BCUT2D eigenvalue weighted by molar-refractivity contribution is -0.140. The minimum atomic E-state index is -0.279. The Morgan fingerprint density at radius 3 is 2.52 bits per heavy atom. The van der Waals surface area contributed by atoms with Crippen LogP contribution in [0, 0.1) is 6.92 Å². The van der Waals surface area contributed by atoms with E-state index in [0.717, 1.165) is 11.0 Å². The van der Waals surface area contributed by atoms with Crippen molar-refractivity contribution in [3.05, 3.63) is 40.3 Å². The van der Waals surface area contributed by atoms with Gasteiger partial charge in [0.25, 0.3) is 5.56 Å². The van der Waals surface area contributed by atoms with Crippen molar-refractivity contribution in [1.29, 1.82) is 0 Å². The Morgan fingerprint density at radius 1 is 1.19 bits per heavy atom. The standard InChI is InChI=1S/C16H22N2O3/c1-4-20-15(21-5-2)10-11-18-14-9-7-6-8-13(14)17-12(3)16(18)19/h6-9,15H,4-5,10-11H2,1-3H3. The number of nitrogens with zero attached hydrogens (tertiary/aromatic N) is 2. The SMILES string of the molecule is CCOC(CCn1c(=O)c(C)nc2ccccc21)OCC. The zero-order chi connectivity index (χ0) is 15.2. The number of aromatic nitrogens is 2. The Kier molecular flexibility index (Phi) is 5.47. The maximum Gasteiger partial charge on any atom is 0.272 e. The number of hydrogen-bond acceptors (Lipinski definition) is 4. The molecule has 0 saturated carbocycles. The van der Waals surface area contributed by atoms with Gasteiger partial charge < -0.3 is 14.0 Å². The number of aryl methyl sites for hydroxylation is 2. The third-order valence-electron chi connectivity index (χ3n) is 3.31. The van der Waals surface area contributed by atoms with Crippen molar-refractivity contribution in [3.63, 3.8) is 0 Å². The topological polar surface area (TPSA) is 53.4 Å². The molecule has 2 rings (SSSR count). The van der Waals surface area contributed by atoms with Gasteiger partial charge in [-0.2, -0.15) is 0 Å². The second kappa shape index (κ2) is 7.33. The van der Waals surface area contributed by atoms with Crippen LogP contribution in [-0.4, -0.2) is 29.1 Å². The highest BCUT2D eigenvalue weighted by Crippen LogP contribution is 2.11. The number of hydrogen-bond donors (Lipinski definition) is 0. The number of benzene rings is 1. The summed E-state index contributed by atoms with van der Waals surface area (Å²) in [5.41, 5.74) is 2.14. The third kappa shape index (κ3) is 3.68. The molecule has 1 heterocycles. The lowest BCUT2D eigenvalue weighted by atomic mass is 10.2. The molecular formula is C16H22N2O3. The van der Waals surface area contributed by atoms with Crippen molar-refractivity contribution < 1.29 is 9.47 Å². The highest BCUT2D eigenvalue weighted by molar-refractivity contribution is 5.74. The van der Waals surface area contributed by atoms with Gasteiger partial charge in [0.2, 0.25) is 0 Å². The van der Waals surface area contributed by atoms with Gasteiger partial charge in [-0.05, 0) is 32.9 Å². The van der Waals surface area contributed by atoms with Gasteiger partial charge in [-0.15, -0.1) is 0 Å². The second-order valence-electron chi connectivity index (χ2n) is 4.77. The summed E-state index contributed by atoms with van der Waals surface area (Å²) in [6.45, 7) is 7.35. The molecule has 114 valence electrons. The first-order valence-corrected chi connectivity index (χ1v) is 7.36. The summed E-state index contributed by atoms with van der Waals surface area (Å²) in [6, 6.07) is 7.67. The van der Waals surface area contributed by atoms with Crippen LogP contribution in [0.5, 0.6) is 0 Å². The quantitative estimate of drug-likeness (QED) is 0.735. The molecule has 0 aliphatic heterocycles. The van der Waals surface area contributed by atoms with Gasteiger partial charge in [-0.1, -0.05) is 12.1 Å². The van der Waals surface area contributed by atoms with E-state index in [1.807, 2.05) is 38.1 Å². The molecule has 1 aromatic carbocycles. The number of fused-ring (bicyclic) bond motifs is 1. The molecule has 0 amide bonds. The minimum absolute atomic E-state index is 0.0551. The van der Waals surface area contributed by atoms with Gasteiger partial charge in [-0.25, -0.2) is 4.98 Å². The predicted octanol–water partition coefficient (Wildman–Crippen LogP) is 2.49. The van der Waals surface area contributed by atoms with Gasteiger partial charge in [-0.3, -0.25) is 4.79 Å². The van der Waals surface area contributed by atoms with Gasteiger partial charge in [0.05, 0.1) is 11.0 Å². The van der Waals surface area contributed by atoms with Gasteiger partial charge in [0.15, 0.2) is 6.29 Å². The normalized spacial score (nSPS) is 11.4. The van der Waals surface area contributed by atoms with Crippen LogP contribution in [0.2, 0.25) is 0 Å². The van der Waals surface area contributed by atoms with Crippen LogP contribution in [0.3, 0.4) is 0 Å². The molecular weight excluding hydrogens is 268 g/mol. The largest absolute Gasteiger partial charge is 0.353 e. The van der Waals surface area contributed by atoms with Crippen molar-refractivity contribution in [2.45, 2.75) is 40.0 Å². The van der Waals surface area contributed by atoms with Crippen molar-refractivity contribution in [1.82, 2.24) is 9.55 Å². The van der Waals surface area contributed by atoms with Crippen molar-refractivity contribution in [3.8, 4) is 0 Å². The Hall–Kier alpha value is -1.72. The summed E-state index contributed by atoms with van der Waals surface area (Å²) in [5.74, 6) is 0. The molecule has 5 nitrogen and oxygen atoms in total. The molecule has 0 aliphatic rings. The van der Waals surface area contributed by atoms with E-state index in [-0.39, 0.29) is 11.8 Å². The van der Waals surface area contributed by atoms with Crippen LogP contribution in [0.4, 0.5) is 0 Å². The minimum Gasteiger partial charge on any atom is -0.353 e. The van der Waals surface area contributed by atoms with E-state index in [2.05, 4.69) is 4.98 Å². The molecule has 0 aliphatic carbocycles. The molecule has 5 heteroatoms. The Balaban J connectivity index is 2.28. The Labute approximate surface area is 124 Å². The molecule has 0 spiro atoms. The highest BCUT2D eigenvalue weighted by Gasteiger charge is 2.12. The maximum absolute atomic E-state index is 12.3. The summed E-state index contributed by atoms with van der Waals surface area (Å²) in [7, 11) is 0. The van der Waals surface area contributed by atoms with Crippen LogP contribution < -0.4 is 5.56 Å². The first-order valence-electron chi connectivity index (χ1n) is 7.36. The van der Waals surface area contributed by atoms with Crippen LogP contribution in [-0.2, 0) is 16.0 Å². The molecule has 1 aromatic heterocycles. The fourth-order valence-electron chi connectivity index (χ4n) is 2.36. The average molecular weight is 290 g/mol. The number of ether oxygens (including phenoxy) is 2. The van der Waals surface area contributed by atoms with Crippen LogP contribution in [0.15, 0.2) is 29.1 Å². The first-order chi connectivity index (χ1) is 10.2. The average Bonchev–Trinajstić information content (AvgIpc) is 2.48. The maximum atomic E-state index is 12.3. The Morgan fingerprint density at radius 2 is 1.86 bits per heavy atom. The Bertz CT molecular complexity index is 646. The summed E-state index contributed by atoms with van der Waals surface area (Å²) in [6.07, 6.45) is 0.355. The van der Waals surface area contributed by atoms with Crippen molar-refractivity contribution in [2.24, 2.45) is 0 Å². The van der Waals surface area contributed by atoms with Crippen molar-refractivity contribution in [2.75, 3.05) is 13.2 Å². The van der Waals surface area contributed by atoms with E-state index in [1.165, 1.54) is 0 Å². The third-order valence-corrected chi connectivity index (χ3v) is 3.31.